The van der Waals surface area contributed by atoms with E-state index in [0.717, 1.165) is 0 Å². The lowest BCUT2D eigenvalue weighted by Gasteiger charge is -2.31. The summed E-state index contributed by atoms with van der Waals surface area (Å²) in [5.41, 5.74) is -0.510. The molecule has 1 atom stereocenters. The quantitative estimate of drug-likeness (QED) is 0.500. The van der Waals surface area contributed by atoms with Gasteiger partial charge in [0.15, 0.2) is 11.0 Å². The molecule has 0 saturated heterocycles. The third kappa shape index (κ3) is 2.45. The first kappa shape index (κ1) is 19.7. The number of fused-ring (bicyclic) bond motifs is 5. The van der Waals surface area contributed by atoms with E-state index in [1.165, 1.54) is 16.7 Å². The summed E-state index contributed by atoms with van der Waals surface area (Å²) in [7, 11) is 0. The fraction of sp³-hybridized carbons (Fsp3) is 0.348. The minimum Gasteiger partial charge on any atom is -0.458 e. The van der Waals surface area contributed by atoms with E-state index in [-0.39, 0.29) is 47.6 Å². The van der Waals surface area contributed by atoms with Crippen molar-refractivity contribution in [2.75, 3.05) is 0 Å². The lowest BCUT2D eigenvalue weighted by molar-refractivity contribution is -0.172. The Kier molecular flexibility index (Phi) is 4.05. The van der Waals surface area contributed by atoms with Gasteiger partial charge in [0.1, 0.15) is 12.4 Å². The topological polar surface area (TPSA) is 90.5 Å². The highest BCUT2D eigenvalue weighted by atomic mass is 19.1. The molecule has 160 valence electrons. The molecule has 0 aliphatic carbocycles. The Morgan fingerprint density at radius 1 is 1.23 bits per heavy atom. The Morgan fingerprint density at radius 3 is 2.65 bits per heavy atom. The van der Waals surface area contributed by atoms with Crippen molar-refractivity contribution in [1.82, 2.24) is 9.13 Å². The Bertz CT molecular complexity index is 1420. The molecule has 8 heteroatoms. The van der Waals surface area contributed by atoms with Crippen LogP contribution in [0.2, 0.25) is 0 Å². The number of nitrogens with zero attached hydrogens (tertiary/aromatic N) is 2. The first-order chi connectivity index (χ1) is 14.7. The summed E-state index contributed by atoms with van der Waals surface area (Å²) in [5.74, 6) is -1.34. The van der Waals surface area contributed by atoms with Gasteiger partial charge >= 0.3 is 5.97 Å². The summed E-state index contributed by atoms with van der Waals surface area (Å²) >= 11 is 0. The molecular formula is C23H21FN2O5. The van der Waals surface area contributed by atoms with Crippen LogP contribution in [-0.2, 0) is 28.3 Å². The SMILES string of the molecule is CC[C@@]1(O)C(=O)OCc2c1cc1n(c2=O)Cc2c-1c(=O)c1cc(F)ccc1n2C(C)C. The molecule has 7 nitrogen and oxygen atoms in total. The van der Waals surface area contributed by atoms with Crippen molar-refractivity contribution in [1.29, 1.82) is 0 Å². The molecule has 4 heterocycles. The van der Waals surface area contributed by atoms with Crippen molar-refractivity contribution in [2.45, 2.75) is 52.0 Å². The smallest absolute Gasteiger partial charge is 0.343 e. The van der Waals surface area contributed by atoms with E-state index in [0.29, 0.717) is 22.5 Å². The van der Waals surface area contributed by atoms with Crippen LogP contribution in [0.5, 0.6) is 0 Å². The van der Waals surface area contributed by atoms with E-state index in [9.17, 15) is 23.9 Å². The number of aromatic nitrogens is 2. The number of aliphatic hydroxyl groups is 1. The molecule has 0 amide bonds. The van der Waals surface area contributed by atoms with E-state index in [4.69, 9.17) is 4.74 Å². The van der Waals surface area contributed by atoms with Crippen LogP contribution in [0, 0.1) is 5.82 Å². The highest BCUT2D eigenvalue weighted by molar-refractivity contribution is 5.88. The lowest BCUT2D eigenvalue weighted by atomic mass is 9.85. The molecule has 0 radical (unpaired) electrons. The van der Waals surface area contributed by atoms with Crippen molar-refractivity contribution in [3.05, 3.63) is 67.5 Å². The van der Waals surface area contributed by atoms with Crippen molar-refractivity contribution in [3.8, 4) is 11.3 Å². The van der Waals surface area contributed by atoms with Crippen LogP contribution in [-0.4, -0.2) is 20.2 Å². The second kappa shape index (κ2) is 6.37. The maximum absolute atomic E-state index is 14.0. The lowest BCUT2D eigenvalue weighted by Crippen LogP contribution is -2.44. The summed E-state index contributed by atoms with van der Waals surface area (Å²) in [6.07, 6.45) is 0.0216. The van der Waals surface area contributed by atoms with Crippen molar-refractivity contribution in [3.63, 3.8) is 0 Å². The number of hydrogen-bond acceptors (Lipinski definition) is 5. The molecule has 3 aromatic rings. The van der Waals surface area contributed by atoms with Crippen LogP contribution in [0.1, 0.15) is 50.1 Å². The van der Waals surface area contributed by atoms with Gasteiger partial charge in [0.05, 0.1) is 34.6 Å². The molecule has 0 spiro atoms. The number of carbonyl (C=O) groups is 1. The van der Waals surface area contributed by atoms with Gasteiger partial charge in [-0.1, -0.05) is 6.92 Å². The number of benzene rings is 1. The molecule has 1 aromatic carbocycles. The van der Waals surface area contributed by atoms with Gasteiger partial charge in [0, 0.05) is 17.0 Å². The highest BCUT2D eigenvalue weighted by Gasteiger charge is 2.45. The molecule has 5 rings (SSSR count). The highest BCUT2D eigenvalue weighted by Crippen LogP contribution is 2.38. The summed E-state index contributed by atoms with van der Waals surface area (Å²) in [6.45, 7) is 5.46. The normalized spacial score (nSPS) is 19.4. The number of esters is 1. The van der Waals surface area contributed by atoms with Crippen LogP contribution < -0.4 is 11.0 Å². The fourth-order valence-corrected chi connectivity index (χ4v) is 4.85. The monoisotopic (exact) mass is 424 g/mol. The van der Waals surface area contributed by atoms with Gasteiger partial charge in [0.2, 0.25) is 0 Å². The maximum Gasteiger partial charge on any atom is 0.343 e. The third-order valence-corrected chi connectivity index (χ3v) is 6.39. The van der Waals surface area contributed by atoms with Gasteiger partial charge in [-0.05, 0) is 44.5 Å². The molecular weight excluding hydrogens is 403 g/mol. The van der Waals surface area contributed by atoms with E-state index in [2.05, 4.69) is 0 Å². The predicted octanol–water partition coefficient (Wildman–Crippen LogP) is 2.57. The molecule has 1 N–H and O–H groups in total. The number of halogens is 1. The van der Waals surface area contributed by atoms with Gasteiger partial charge in [-0.25, -0.2) is 9.18 Å². The zero-order valence-corrected chi connectivity index (χ0v) is 17.4. The number of cyclic esters (lactones) is 1. The minimum absolute atomic E-state index is 0.0216. The first-order valence-electron chi connectivity index (χ1n) is 10.2. The van der Waals surface area contributed by atoms with Gasteiger partial charge < -0.3 is 19.0 Å². The van der Waals surface area contributed by atoms with Crippen LogP contribution in [0.4, 0.5) is 4.39 Å². The van der Waals surface area contributed by atoms with E-state index < -0.39 is 22.9 Å². The Balaban J connectivity index is 1.92. The molecule has 0 saturated carbocycles. The van der Waals surface area contributed by atoms with E-state index >= 15 is 0 Å². The number of rotatable bonds is 2. The zero-order chi connectivity index (χ0) is 22.2. The molecule has 0 unspecified atom stereocenters. The Hall–Kier alpha value is -3.26. The minimum atomic E-state index is -1.95. The number of carbonyl (C=O) groups excluding carboxylic acids is 1. The second-order valence-electron chi connectivity index (χ2n) is 8.38. The molecule has 31 heavy (non-hydrogen) atoms. The van der Waals surface area contributed by atoms with Gasteiger partial charge in [-0.15, -0.1) is 0 Å². The number of ether oxygens (including phenoxy) is 1. The van der Waals surface area contributed by atoms with Gasteiger partial charge in [0.25, 0.3) is 5.56 Å². The summed E-state index contributed by atoms with van der Waals surface area (Å²) in [4.78, 5) is 39.0. The van der Waals surface area contributed by atoms with Crippen molar-refractivity contribution >= 4 is 16.9 Å². The third-order valence-electron chi connectivity index (χ3n) is 6.39. The average Bonchev–Trinajstić information content (AvgIpc) is 3.11. The molecule has 2 aliphatic rings. The zero-order valence-electron chi connectivity index (χ0n) is 17.4. The van der Waals surface area contributed by atoms with Gasteiger partial charge in [-0.3, -0.25) is 9.59 Å². The Morgan fingerprint density at radius 2 is 1.97 bits per heavy atom. The van der Waals surface area contributed by atoms with Crippen molar-refractivity contribution < 1.29 is 19.0 Å². The second-order valence-corrected chi connectivity index (χ2v) is 8.38. The summed E-state index contributed by atoms with van der Waals surface area (Å²) < 4.78 is 22.5. The van der Waals surface area contributed by atoms with Crippen LogP contribution >= 0.6 is 0 Å². The number of pyridine rings is 2. The van der Waals surface area contributed by atoms with Crippen LogP contribution in [0.15, 0.2) is 33.9 Å². The Labute approximate surface area is 176 Å². The standard InChI is InChI=1S/C23H21FN2O5/c1-4-23(30)15-8-17-19-18(9-25(17)21(28)14(15)10-31-22(23)29)26(11(2)3)16-6-5-12(24)7-13(16)20(19)27/h5-8,11,30H,4,9-10H2,1-3H3/t23-/m0/s1. The van der Waals surface area contributed by atoms with E-state index in [1.807, 2.05) is 18.4 Å². The summed E-state index contributed by atoms with van der Waals surface area (Å²) in [5, 5.41) is 11.2. The molecule has 2 aromatic heterocycles. The largest absolute Gasteiger partial charge is 0.458 e. The van der Waals surface area contributed by atoms with Gasteiger partial charge in [-0.2, -0.15) is 0 Å². The fourth-order valence-electron chi connectivity index (χ4n) is 4.85. The number of hydrogen-bond donors (Lipinski definition) is 1. The van der Waals surface area contributed by atoms with E-state index in [1.54, 1.807) is 19.1 Å². The van der Waals surface area contributed by atoms with Crippen LogP contribution in [0.25, 0.3) is 22.2 Å². The average molecular weight is 424 g/mol. The summed E-state index contributed by atoms with van der Waals surface area (Å²) in [6, 6.07) is 5.58. The molecule has 0 bridgehead atoms. The van der Waals surface area contributed by atoms with Crippen LogP contribution in [0.3, 0.4) is 0 Å². The predicted molar refractivity (Wildman–Crippen MR) is 111 cm³/mol. The first-order valence-corrected chi connectivity index (χ1v) is 10.2. The van der Waals surface area contributed by atoms with Crippen molar-refractivity contribution in [2.24, 2.45) is 0 Å². The maximum atomic E-state index is 14.0. The molecule has 0 fully saturated rings. The molecule has 2 aliphatic heterocycles.